The zero-order valence-electron chi connectivity index (χ0n) is 18.2. The van der Waals surface area contributed by atoms with Crippen LogP contribution in [0.25, 0.3) is 0 Å². The van der Waals surface area contributed by atoms with Gasteiger partial charge in [-0.05, 0) is 49.7 Å². The lowest BCUT2D eigenvalue weighted by Crippen LogP contribution is -2.41. The highest BCUT2D eigenvalue weighted by molar-refractivity contribution is 6.35. The van der Waals surface area contributed by atoms with Crippen LogP contribution in [0.1, 0.15) is 31.4 Å². The van der Waals surface area contributed by atoms with E-state index in [0.717, 1.165) is 12.1 Å². The van der Waals surface area contributed by atoms with E-state index < -0.39 is 36.1 Å². The van der Waals surface area contributed by atoms with Crippen molar-refractivity contribution < 1.29 is 32.3 Å². The van der Waals surface area contributed by atoms with Crippen LogP contribution in [0.4, 0.5) is 18.9 Å². The number of nitrogens with zero attached hydrogens (tertiary/aromatic N) is 1. The highest BCUT2D eigenvalue weighted by Gasteiger charge is 2.30. The van der Waals surface area contributed by atoms with Gasteiger partial charge in [-0.2, -0.15) is 18.3 Å². The number of carbonyl (C=O) groups excluding carboxylic acids is 3. The number of hydrogen-bond donors (Lipinski definition) is 3. The molecule has 0 fully saturated rings. The molecule has 0 saturated carbocycles. The minimum Gasteiger partial charge on any atom is -0.483 e. The fourth-order valence-electron chi connectivity index (χ4n) is 2.47. The van der Waals surface area contributed by atoms with Crippen LogP contribution in [0.5, 0.6) is 5.75 Å². The number of benzene rings is 2. The molecule has 0 saturated heterocycles. The standard InChI is InChI=1S/C22H22ClF3N4O4/c1-3-13(2)28-20(32)21(33)30-27-11-14-9-16(23)7-8-18(14)34-12-19(31)29-17-6-4-5-15(10-17)22(24,25)26/h4-11,13H,3,12H2,1-2H3,(H,28,32)(H,29,31)(H,30,33)/b27-11-/t13-/m0/s1. The maximum atomic E-state index is 12.8. The van der Waals surface area contributed by atoms with Crippen LogP contribution in [0.3, 0.4) is 0 Å². The highest BCUT2D eigenvalue weighted by atomic mass is 35.5. The monoisotopic (exact) mass is 498 g/mol. The number of hydrazone groups is 1. The molecule has 2 aromatic carbocycles. The van der Waals surface area contributed by atoms with E-state index in [9.17, 15) is 27.6 Å². The summed E-state index contributed by atoms with van der Waals surface area (Å²) in [6.07, 6.45) is -2.73. The molecule has 0 aliphatic rings. The van der Waals surface area contributed by atoms with Crippen molar-refractivity contribution in [1.29, 1.82) is 0 Å². The Morgan fingerprint density at radius 3 is 2.56 bits per heavy atom. The van der Waals surface area contributed by atoms with Crippen LogP contribution in [-0.2, 0) is 20.6 Å². The molecule has 0 spiro atoms. The first-order chi connectivity index (χ1) is 16.0. The summed E-state index contributed by atoms with van der Waals surface area (Å²) in [5.74, 6) is -2.36. The summed E-state index contributed by atoms with van der Waals surface area (Å²) < 4.78 is 43.9. The molecule has 0 bridgehead atoms. The molecule has 0 aliphatic carbocycles. The van der Waals surface area contributed by atoms with Crippen molar-refractivity contribution in [2.24, 2.45) is 5.10 Å². The molecule has 0 aliphatic heterocycles. The van der Waals surface area contributed by atoms with Gasteiger partial charge in [0.25, 0.3) is 5.91 Å². The van der Waals surface area contributed by atoms with Crippen molar-refractivity contribution >= 4 is 41.2 Å². The van der Waals surface area contributed by atoms with Crippen molar-refractivity contribution in [3.8, 4) is 5.75 Å². The average Bonchev–Trinajstić information content (AvgIpc) is 2.77. The first-order valence-corrected chi connectivity index (χ1v) is 10.4. The van der Waals surface area contributed by atoms with Crippen molar-refractivity contribution in [1.82, 2.24) is 10.7 Å². The lowest BCUT2D eigenvalue weighted by molar-refractivity contribution is -0.139. The molecule has 34 heavy (non-hydrogen) atoms. The number of alkyl halides is 3. The van der Waals surface area contributed by atoms with E-state index in [4.69, 9.17) is 16.3 Å². The van der Waals surface area contributed by atoms with Gasteiger partial charge in [0.1, 0.15) is 5.75 Å². The molecule has 0 radical (unpaired) electrons. The molecule has 182 valence electrons. The molecule has 0 heterocycles. The van der Waals surface area contributed by atoms with E-state index in [0.29, 0.717) is 11.4 Å². The summed E-state index contributed by atoms with van der Waals surface area (Å²) in [4.78, 5) is 35.7. The Balaban J connectivity index is 1.99. The summed E-state index contributed by atoms with van der Waals surface area (Å²) >= 11 is 5.96. The van der Waals surface area contributed by atoms with Gasteiger partial charge in [0.05, 0.1) is 11.8 Å². The molecular weight excluding hydrogens is 477 g/mol. The summed E-state index contributed by atoms with van der Waals surface area (Å²) in [5, 5.41) is 8.81. The molecule has 3 N–H and O–H groups in total. The number of rotatable bonds is 8. The van der Waals surface area contributed by atoms with Crippen LogP contribution in [0, 0.1) is 0 Å². The Labute approximate surface area is 198 Å². The number of nitrogens with one attached hydrogen (secondary N) is 3. The van der Waals surface area contributed by atoms with Gasteiger partial charge in [0.15, 0.2) is 6.61 Å². The maximum absolute atomic E-state index is 12.8. The molecule has 1 atom stereocenters. The van der Waals surface area contributed by atoms with Gasteiger partial charge in [-0.25, -0.2) is 5.43 Å². The largest absolute Gasteiger partial charge is 0.483 e. The summed E-state index contributed by atoms with van der Waals surface area (Å²) in [7, 11) is 0. The lowest BCUT2D eigenvalue weighted by Gasteiger charge is -2.12. The first kappa shape index (κ1) is 26.7. The zero-order valence-corrected chi connectivity index (χ0v) is 19.0. The van der Waals surface area contributed by atoms with E-state index in [1.807, 2.05) is 6.92 Å². The Morgan fingerprint density at radius 1 is 1.15 bits per heavy atom. The summed E-state index contributed by atoms with van der Waals surface area (Å²) in [6.45, 7) is 3.07. The molecule has 0 aromatic heterocycles. The van der Waals surface area contributed by atoms with Gasteiger partial charge in [-0.15, -0.1) is 0 Å². The second-order valence-corrected chi connectivity index (χ2v) is 7.52. The van der Waals surface area contributed by atoms with Crippen molar-refractivity contribution in [2.45, 2.75) is 32.5 Å². The van der Waals surface area contributed by atoms with Gasteiger partial charge < -0.3 is 15.4 Å². The molecule has 2 rings (SSSR count). The summed E-state index contributed by atoms with van der Waals surface area (Å²) in [6, 6.07) is 8.36. The van der Waals surface area contributed by atoms with Crippen LogP contribution < -0.4 is 20.8 Å². The van der Waals surface area contributed by atoms with Gasteiger partial charge in [-0.3, -0.25) is 14.4 Å². The Kier molecular flexibility index (Phi) is 9.43. The first-order valence-electron chi connectivity index (χ1n) is 10.0. The second-order valence-electron chi connectivity index (χ2n) is 7.08. The summed E-state index contributed by atoms with van der Waals surface area (Å²) in [5.41, 5.74) is 1.41. The highest BCUT2D eigenvalue weighted by Crippen LogP contribution is 2.30. The fourth-order valence-corrected chi connectivity index (χ4v) is 2.65. The third-order valence-electron chi connectivity index (χ3n) is 4.37. The molecule has 0 unspecified atom stereocenters. The predicted octanol–water partition coefficient (Wildman–Crippen LogP) is 3.74. The number of halogens is 4. The molecule has 2 aromatic rings. The average molecular weight is 499 g/mol. The van der Waals surface area contributed by atoms with Gasteiger partial charge >= 0.3 is 18.0 Å². The van der Waals surface area contributed by atoms with Crippen molar-refractivity contribution in [3.05, 3.63) is 58.6 Å². The second kappa shape index (κ2) is 12.0. The van der Waals surface area contributed by atoms with E-state index in [-0.39, 0.29) is 23.0 Å². The smallest absolute Gasteiger partial charge is 0.416 e. The van der Waals surface area contributed by atoms with E-state index in [2.05, 4.69) is 21.2 Å². The normalized spacial score (nSPS) is 12.2. The topological polar surface area (TPSA) is 109 Å². The van der Waals surface area contributed by atoms with Crippen LogP contribution in [-0.4, -0.2) is 36.6 Å². The third kappa shape index (κ3) is 8.39. The Hall–Kier alpha value is -3.60. The van der Waals surface area contributed by atoms with Crippen molar-refractivity contribution in [3.63, 3.8) is 0 Å². The molecule has 8 nitrogen and oxygen atoms in total. The number of amides is 3. The Bertz CT molecular complexity index is 1080. The Morgan fingerprint density at radius 2 is 1.88 bits per heavy atom. The van der Waals surface area contributed by atoms with Crippen LogP contribution >= 0.6 is 11.6 Å². The predicted molar refractivity (Wildman–Crippen MR) is 121 cm³/mol. The van der Waals surface area contributed by atoms with Crippen LogP contribution in [0.15, 0.2) is 47.6 Å². The van der Waals surface area contributed by atoms with Gasteiger partial charge in [-0.1, -0.05) is 24.6 Å². The molecule has 12 heteroatoms. The lowest BCUT2D eigenvalue weighted by atomic mass is 10.2. The quantitative estimate of drug-likeness (QED) is 0.292. The number of anilines is 1. The number of carbonyl (C=O) groups is 3. The zero-order chi connectivity index (χ0) is 25.3. The minimum absolute atomic E-state index is 0.0419. The maximum Gasteiger partial charge on any atom is 0.416 e. The minimum atomic E-state index is -4.54. The number of hydrogen-bond acceptors (Lipinski definition) is 5. The number of ether oxygens (including phenoxy) is 1. The molecular formula is C22H22ClF3N4O4. The fraction of sp³-hybridized carbons (Fsp3) is 0.273. The van der Waals surface area contributed by atoms with Crippen LogP contribution in [0.2, 0.25) is 5.02 Å². The van der Waals surface area contributed by atoms with E-state index in [1.54, 1.807) is 6.92 Å². The van der Waals surface area contributed by atoms with Gasteiger partial charge in [0.2, 0.25) is 0 Å². The van der Waals surface area contributed by atoms with E-state index >= 15 is 0 Å². The van der Waals surface area contributed by atoms with Crippen molar-refractivity contribution in [2.75, 3.05) is 11.9 Å². The third-order valence-corrected chi connectivity index (χ3v) is 4.61. The molecule has 3 amide bonds. The SMILES string of the molecule is CC[C@H](C)NC(=O)C(=O)N/N=C\c1cc(Cl)ccc1OCC(=O)Nc1cccc(C(F)(F)F)c1. The van der Waals surface area contributed by atoms with Gasteiger partial charge in [0, 0.05) is 22.3 Å². The van der Waals surface area contributed by atoms with E-state index in [1.165, 1.54) is 36.5 Å².